The van der Waals surface area contributed by atoms with E-state index in [9.17, 15) is 0 Å². The molecule has 38 heavy (non-hydrogen) atoms. The first-order valence-electron chi connectivity index (χ1n) is 12.1. The molecule has 5 heteroatoms. The van der Waals surface area contributed by atoms with Gasteiger partial charge in [-0.05, 0) is 29.1 Å². The second kappa shape index (κ2) is 8.86. The third-order valence-electron chi connectivity index (χ3n) is 6.97. The van der Waals surface area contributed by atoms with E-state index in [0.717, 1.165) is 66.4 Å². The zero-order chi connectivity index (χ0) is 24.3. The van der Waals surface area contributed by atoms with Crippen LogP contribution < -0.4 is 0 Å². The zero-order valence-electron chi connectivity index (χ0n) is 20.0. The van der Waals surface area contributed by atoms with E-state index in [2.05, 4.69) is 76.0 Å². The number of aromatic nitrogens is 3. The summed E-state index contributed by atoms with van der Waals surface area (Å²) in [5, 5.41) is 3.43. The van der Waals surface area contributed by atoms with E-state index in [4.69, 9.17) is 9.40 Å². The summed E-state index contributed by atoms with van der Waals surface area (Å²) in [7, 11) is 0. The Kier molecular flexibility index (Phi) is 5.31. The van der Waals surface area contributed by atoms with Crippen LogP contribution in [0.15, 0.2) is 114 Å². The van der Waals surface area contributed by atoms with Gasteiger partial charge in [0, 0.05) is 26.6 Å². The molecule has 8 aromatic rings. The number of rotatable bonds is 3. The SMILES string of the molecule is [Pt].[c-]1ccccc1-c1coc2ccc(-n3c4[c-]c(-n5[c-]cc6ccccc65)ccc4c4ccccc43)nc12. The Labute approximate surface area is 233 Å². The van der Waals surface area contributed by atoms with Gasteiger partial charge in [-0.2, -0.15) is 23.9 Å². The fourth-order valence-electron chi connectivity index (χ4n) is 5.25. The molecule has 0 aliphatic heterocycles. The maximum atomic E-state index is 5.85. The summed E-state index contributed by atoms with van der Waals surface area (Å²) in [6, 6.07) is 41.9. The van der Waals surface area contributed by atoms with Crippen LogP contribution in [0.3, 0.4) is 0 Å². The number of para-hydroxylation sites is 2. The number of furan rings is 1. The Hall–Kier alpha value is -4.40. The molecule has 0 aliphatic rings. The molecule has 184 valence electrons. The van der Waals surface area contributed by atoms with Gasteiger partial charge in [-0.3, -0.25) is 0 Å². The Morgan fingerprint density at radius 1 is 0.763 bits per heavy atom. The van der Waals surface area contributed by atoms with Gasteiger partial charge in [-0.25, -0.2) is 4.98 Å². The molecule has 0 bridgehead atoms. The van der Waals surface area contributed by atoms with Gasteiger partial charge < -0.3 is 13.6 Å². The van der Waals surface area contributed by atoms with Crippen LogP contribution in [0.5, 0.6) is 0 Å². The maximum Gasteiger partial charge on any atom is 0.142 e. The van der Waals surface area contributed by atoms with Crippen molar-refractivity contribution in [3.05, 3.63) is 128 Å². The minimum Gasteiger partial charge on any atom is -0.473 e. The summed E-state index contributed by atoms with van der Waals surface area (Å²) in [5.41, 5.74) is 7.52. The van der Waals surface area contributed by atoms with Gasteiger partial charge in [-0.1, -0.05) is 53.6 Å². The predicted molar refractivity (Wildman–Crippen MR) is 147 cm³/mol. The van der Waals surface area contributed by atoms with Crippen LogP contribution in [-0.2, 0) is 21.1 Å². The van der Waals surface area contributed by atoms with Crippen molar-refractivity contribution in [1.82, 2.24) is 14.1 Å². The summed E-state index contributed by atoms with van der Waals surface area (Å²) < 4.78 is 10.1. The molecule has 4 nitrogen and oxygen atoms in total. The summed E-state index contributed by atoms with van der Waals surface area (Å²) in [6.45, 7) is 0. The fraction of sp³-hybridized carbons (Fsp3) is 0. The van der Waals surface area contributed by atoms with Crippen molar-refractivity contribution in [2.24, 2.45) is 0 Å². The predicted octanol–water partition coefficient (Wildman–Crippen LogP) is 7.93. The van der Waals surface area contributed by atoms with Crippen molar-refractivity contribution in [3.8, 4) is 22.6 Å². The van der Waals surface area contributed by atoms with E-state index in [0.29, 0.717) is 0 Å². The Bertz CT molecular complexity index is 2100. The van der Waals surface area contributed by atoms with Crippen molar-refractivity contribution in [1.29, 1.82) is 0 Å². The van der Waals surface area contributed by atoms with Crippen molar-refractivity contribution in [3.63, 3.8) is 0 Å². The normalized spacial score (nSPS) is 11.5. The number of benzene rings is 4. The molecule has 4 aromatic heterocycles. The van der Waals surface area contributed by atoms with E-state index in [-0.39, 0.29) is 21.1 Å². The molecule has 8 rings (SSSR count). The van der Waals surface area contributed by atoms with Crippen molar-refractivity contribution in [2.45, 2.75) is 0 Å². The van der Waals surface area contributed by atoms with Gasteiger partial charge in [0.1, 0.15) is 11.4 Å². The van der Waals surface area contributed by atoms with E-state index >= 15 is 0 Å². The minimum atomic E-state index is 0. The number of fused-ring (bicyclic) bond motifs is 5. The number of hydrogen-bond donors (Lipinski definition) is 0. The fourth-order valence-corrected chi connectivity index (χ4v) is 5.25. The summed E-state index contributed by atoms with van der Waals surface area (Å²) in [6.07, 6.45) is 5.14. The molecule has 0 fully saturated rings. The van der Waals surface area contributed by atoms with Gasteiger partial charge in [0.25, 0.3) is 0 Å². The molecular weight excluding hydrogens is 649 g/mol. The first-order chi connectivity index (χ1) is 18.3. The maximum absolute atomic E-state index is 5.85. The monoisotopic (exact) mass is 667 g/mol. The molecule has 4 aromatic carbocycles. The zero-order valence-corrected chi connectivity index (χ0v) is 22.2. The number of nitrogens with zero attached hydrogens (tertiary/aromatic N) is 3. The van der Waals surface area contributed by atoms with Gasteiger partial charge in [0.2, 0.25) is 0 Å². The topological polar surface area (TPSA) is 35.9 Å². The van der Waals surface area contributed by atoms with Crippen LogP contribution in [0.1, 0.15) is 0 Å². The van der Waals surface area contributed by atoms with E-state index in [1.54, 1.807) is 6.26 Å². The average molecular weight is 668 g/mol. The first-order valence-corrected chi connectivity index (χ1v) is 12.1. The molecule has 0 atom stereocenters. The van der Waals surface area contributed by atoms with E-state index < -0.39 is 0 Å². The summed E-state index contributed by atoms with van der Waals surface area (Å²) >= 11 is 0. The molecular formula is C33H18N3OPt-3. The van der Waals surface area contributed by atoms with E-state index in [1.807, 2.05) is 54.6 Å². The quantitative estimate of drug-likeness (QED) is 0.180. The van der Waals surface area contributed by atoms with Crippen LogP contribution >= 0.6 is 0 Å². The average Bonchev–Trinajstić information content (AvgIpc) is 3.66. The van der Waals surface area contributed by atoms with Crippen molar-refractivity contribution in [2.75, 3.05) is 0 Å². The van der Waals surface area contributed by atoms with Crippen LogP contribution in [-0.4, -0.2) is 14.1 Å². The van der Waals surface area contributed by atoms with Crippen LogP contribution in [0.25, 0.3) is 66.4 Å². The molecule has 0 unspecified atom stereocenters. The van der Waals surface area contributed by atoms with Gasteiger partial charge in [0.15, 0.2) is 0 Å². The second-order valence-electron chi connectivity index (χ2n) is 9.07. The third-order valence-corrected chi connectivity index (χ3v) is 6.97. The molecule has 0 saturated heterocycles. The Balaban J connectivity index is 0.00000242. The Morgan fingerprint density at radius 3 is 2.50 bits per heavy atom. The number of hydrogen-bond acceptors (Lipinski definition) is 2. The van der Waals surface area contributed by atoms with Gasteiger partial charge in [-0.15, -0.1) is 58.8 Å². The van der Waals surface area contributed by atoms with Crippen molar-refractivity contribution >= 4 is 43.8 Å². The molecule has 0 saturated carbocycles. The second-order valence-corrected chi connectivity index (χ2v) is 9.07. The van der Waals surface area contributed by atoms with Crippen LogP contribution in [0.4, 0.5) is 0 Å². The summed E-state index contributed by atoms with van der Waals surface area (Å²) in [5.74, 6) is 0.812. The van der Waals surface area contributed by atoms with Gasteiger partial charge >= 0.3 is 0 Å². The van der Waals surface area contributed by atoms with Crippen molar-refractivity contribution < 1.29 is 25.5 Å². The molecule has 0 amide bonds. The smallest absolute Gasteiger partial charge is 0.142 e. The molecule has 4 heterocycles. The van der Waals surface area contributed by atoms with E-state index in [1.165, 1.54) is 0 Å². The largest absolute Gasteiger partial charge is 0.473 e. The molecule has 0 spiro atoms. The third kappa shape index (κ3) is 3.38. The Morgan fingerprint density at radius 2 is 1.61 bits per heavy atom. The first kappa shape index (κ1) is 22.8. The van der Waals surface area contributed by atoms with Crippen LogP contribution in [0, 0.1) is 18.3 Å². The number of pyridine rings is 1. The van der Waals surface area contributed by atoms with Gasteiger partial charge in [0.05, 0.1) is 11.8 Å². The molecule has 0 N–H and O–H groups in total. The molecule has 0 radical (unpaired) electrons. The van der Waals surface area contributed by atoms with Crippen LogP contribution in [0.2, 0.25) is 0 Å². The standard InChI is InChI=1S/C33H18N3O.Pt/c1-2-8-22(9-3-1)27-21-37-31-16-17-32(34-33(27)31)36-29-13-7-5-11-25(29)26-15-14-24(20-30(26)36)35-19-18-23-10-4-6-12-28(23)35;/h1-8,10-18,21H;/q-3;. The summed E-state index contributed by atoms with van der Waals surface area (Å²) in [4.78, 5) is 5.11. The molecule has 0 aliphatic carbocycles. The minimum absolute atomic E-state index is 0.